The van der Waals surface area contributed by atoms with Crippen LogP contribution >= 0.6 is 0 Å². The third-order valence-corrected chi connectivity index (χ3v) is 9.10. The number of ether oxygens (including phenoxy) is 2. The Kier molecular flexibility index (Phi) is 15.7. The third kappa shape index (κ3) is 11.9. The number of nitrogens with one attached hydrogen (secondary N) is 4. The predicted octanol–water partition coefficient (Wildman–Crippen LogP) is 7.00. The van der Waals surface area contributed by atoms with Gasteiger partial charge in [-0.05, 0) is 61.3 Å². The zero-order chi connectivity index (χ0) is 43.0. The standard InChI is InChI=1S/C40H42N4O4.2C2H2O4/c1-45-39-21-31-29-12-3-5-14-35(29)47-37(31)23-33(39)43-18-8-16-41-25-27-10-7-11-28(20-27)26-42-17-9-19-44-34-24-38-32(22-40(34)46-2)30-13-4-6-15-36(30)48-38;2*3-1(4)2(5)6/h3-7,10-15,20-24,41-44H,8-9,16-19,25-26H2,1-2H3;2*(H,3,4)(H,5,6). The molecular formula is C44H46N4O12. The van der Waals surface area contributed by atoms with Crippen molar-refractivity contribution in [1.82, 2.24) is 10.6 Å². The molecule has 16 heteroatoms. The number of hydrogen-bond acceptors (Lipinski definition) is 12. The molecule has 0 fully saturated rings. The second kappa shape index (κ2) is 21.5. The van der Waals surface area contributed by atoms with E-state index in [2.05, 4.69) is 69.8 Å². The quantitative estimate of drug-likeness (QED) is 0.0361. The molecule has 0 aliphatic heterocycles. The fraction of sp³-hybridized carbons (Fsp3) is 0.227. The van der Waals surface area contributed by atoms with Gasteiger partial charge >= 0.3 is 23.9 Å². The second-order valence-electron chi connectivity index (χ2n) is 13.2. The second-order valence-corrected chi connectivity index (χ2v) is 13.2. The normalized spacial score (nSPS) is 10.7. The minimum atomic E-state index is -1.82. The van der Waals surface area contributed by atoms with Gasteiger partial charge in [0.15, 0.2) is 0 Å². The Hall–Kier alpha value is -7.30. The largest absolute Gasteiger partial charge is 0.495 e. The zero-order valence-corrected chi connectivity index (χ0v) is 32.9. The summed E-state index contributed by atoms with van der Waals surface area (Å²) in [5.74, 6) is -5.65. The average Bonchev–Trinajstić information content (AvgIpc) is 3.80. The van der Waals surface area contributed by atoms with Gasteiger partial charge in [0.1, 0.15) is 33.8 Å². The van der Waals surface area contributed by atoms with Crippen molar-refractivity contribution in [2.75, 3.05) is 51.0 Å². The summed E-state index contributed by atoms with van der Waals surface area (Å²) >= 11 is 0. The summed E-state index contributed by atoms with van der Waals surface area (Å²) in [6, 6.07) is 33.2. The summed E-state index contributed by atoms with van der Waals surface area (Å²) in [6.45, 7) is 5.15. The van der Waals surface area contributed by atoms with Crippen LogP contribution < -0.4 is 30.7 Å². The molecule has 0 saturated carbocycles. The first-order chi connectivity index (χ1) is 29.0. The average molecular weight is 823 g/mol. The van der Waals surface area contributed by atoms with Gasteiger partial charge in [0.25, 0.3) is 0 Å². The molecule has 0 amide bonds. The highest BCUT2D eigenvalue weighted by molar-refractivity contribution is 6.28. The van der Waals surface area contributed by atoms with E-state index in [-0.39, 0.29) is 0 Å². The number of carbonyl (C=O) groups is 4. The first-order valence-corrected chi connectivity index (χ1v) is 18.9. The van der Waals surface area contributed by atoms with Crippen molar-refractivity contribution >= 4 is 79.1 Å². The predicted molar refractivity (Wildman–Crippen MR) is 227 cm³/mol. The Balaban J connectivity index is 0.000000500. The van der Waals surface area contributed by atoms with E-state index in [4.69, 9.17) is 57.9 Å². The highest BCUT2D eigenvalue weighted by Crippen LogP contribution is 2.37. The molecule has 7 aromatic rings. The van der Waals surface area contributed by atoms with Gasteiger partial charge in [0.2, 0.25) is 0 Å². The smallest absolute Gasteiger partial charge is 0.414 e. The SMILES string of the molecule is COc1cc2c(cc1NCCCNCc1cccc(CNCCCNc3cc4oc5ccccc5c4cc3OC)c1)oc1ccccc12.O=C(O)C(=O)O.O=C(O)C(=O)O. The van der Waals surface area contributed by atoms with E-state index in [1.807, 2.05) is 48.5 Å². The Morgan fingerprint density at radius 1 is 0.483 bits per heavy atom. The minimum absolute atomic E-state index is 0.824. The lowest BCUT2D eigenvalue weighted by atomic mass is 10.1. The number of carboxylic acid groups (broad SMARTS) is 4. The molecule has 5 aromatic carbocycles. The van der Waals surface area contributed by atoms with Crippen LogP contribution in [0.15, 0.2) is 106 Å². The Morgan fingerprint density at radius 3 is 1.27 bits per heavy atom. The van der Waals surface area contributed by atoms with Gasteiger partial charge in [0, 0.05) is 59.9 Å². The molecule has 0 aliphatic rings. The molecule has 8 N–H and O–H groups in total. The number of carboxylic acids is 4. The molecule has 2 aromatic heterocycles. The van der Waals surface area contributed by atoms with Crippen molar-refractivity contribution in [3.05, 3.63) is 108 Å². The molecular weight excluding hydrogens is 777 g/mol. The molecule has 0 saturated heterocycles. The molecule has 0 spiro atoms. The van der Waals surface area contributed by atoms with Crippen LogP contribution in [-0.2, 0) is 32.3 Å². The van der Waals surface area contributed by atoms with E-state index in [0.29, 0.717) is 0 Å². The van der Waals surface area contributed by atoms with Gasteiger partial charge in [-0.3, -0.25) is 0 Å². The van der Waals surface area contributed by atoms with Crippen LogP contribution in [0, 0.1) is 0 Å². The van der Waals surface area contributed by atoms with Crippen LogP contribution in [0.1, 0.15) is 24.0 Å². The number of hydrogen-bond donors (Lipinski definition) is 8. The number of benzene rings is 5. The van der Waals surface area contributed by atoms with Gasteiger partial charge in [-0.15, -0.1) is 0 Å². The third-order valence-electron chi connectivity index (χ3n) is 9.10. The molecule has 7 rings (SSSR count). The van der Waals surface area contributed by atoms with Crippen LogP contribution in [0.2, 0.25) is 0 Å². The summed E-state index contributed by atoms with van der Waals surface area (Å²) in [7, 11) is 3.42. The van der Waals surface area contributed by atoms with Crippen LogP contribution in [0.3, 0.4) is 0 Å². The van der Waals surface area contributed by atoms with Gasteiger partial charge in [-0.1, -0.05) is 60.7 Å². The van der Waals surface area contributed by atoms with Gasteiger partial charge in [-0.2, -0.15) is 0 Å². The Bertz CT molecular complexity index is 2380. The number of fused-ring (bicyclic) bond motifs is 6. The molecule has 0 radical (unpaired) electrons. The number of para-hydroxylation sites is 2. The number of methoxy groups -OCH3 is 2. The van der Waals surface area contributed by atoms with Crippen LogP contribution in [0.4, 0.5) is 11.4 Å². The summed E-state index contributed by atoms with van der Waals surface area (Å²) in [4.78, 5) is 36.4. The maximum Gasteiger partial charge on any atom is 0.414 e. The van der Waals surface area contributed by atoms with Crippen molar-refractivity contribution in [3.8, 4) is 11.5 Å². The minimum Gasteiger partial charge on any atom is -0.495 e. The highest BCUT2D eigenvalue weighted by atomic mass is 16.5. The Labute approximate surface area is 343 Å². The fourth-order valence-corrected chi connectivity index (χ4v) is 6.30. The van der Waals surface area contributed by atoms with Crippen molar-refractivity contribution in [1.29, 1.82) is 0 Å². The van der Waals surface area contributed by atoms with E-state index in [1.54, 1.807) is 14.2 Å². The maximum absolute atomic E-state index is 9.10. The first-order valence-electron chi connectivity index (χ1n) is 18.9. The number of anilines is 2. The molecule has 16 nitrogen and oxygen atoms in total. The van der Waals surface area contributed by atoms with Crippen molar-refractivity contribution in [2.45, 2.75) is 25.9 Å². The summed E-state index contributed by atoms with van der Waals surface area (Å²) in [6.07, 6.45) is 1.96. The van der Waals surface area contributed by atoms with Crippen LogP contribution in [0.25, 0.3) is 43.9 Å². The van der Waals surface area contributed by atoms with Gasteiger partial charge in [0.05, 0.1) is 25.6 Å². The lowest BCUT2D eigenvalue weighted by Gasteiger charge is -2.12. The van der Waals surface area contributed by atoms with Gasteiger partial charge in [-0.25, -0.2) is 19.2 Å². The van der Waals surface area contributed by atoms with Crippen molar-refractivity contribution in [2.24, 2.45) is 0 Å². The van der Waals surface area contributed by atoms with E-state index in [0.717, 1.165) is 119 Å². The van der Waals surface area contributed by atoms with E-state index >= 15 is 0 Å². The molecule has 0 atom stereocenters. The molecule has 0 bridgehead atoms. The van der Waals surface area contributed by atoms with E-state index < -0.39 is 23.9 Å². The lowest BCUT2D eigenvalue weighted by Crippen LogP contribution is -2.19. The monoisotopic (exact) mass is 822 g/mol. The highest BCUT2D eigenvalue weighted by Gasteiger charge is 2.13. The zero-order valence-electron chi connectivity index (χ0n) is 32.9. The molecule has 0 unspecified atom stereocenters. The van der Waals surface area contributed by atoms with Crippen molar-refractivity contribution < 1.29 is 57.9 Å². The Morgan fingerprint density at radius 2 is 0.883 bits per heavy atom. The van der Waals surface area contributed by atoms with Crippen LogP contribution in [0.5, 0.6) is 11.5 Å². The van der Waals surface area contributed by atoms with Gasteiger partial charge < -0.3 is 60.0 Å². The van der Waals surface area contributed by atoms with E-state index in [1.165, 1.54) is 11.1 Å². The lowest BCUT2D eigenvalue weighted by molar-refractivity contribution is -0.159. The summed E-state index contributed by atoms with van der Waals surface area (Å²) in [5, 5.41) is 48.1. The molecule has 60 heavy (non-hydrogen) atoms. The molecule has 2 heterocycles. The van der Waals surface area contributed by atoms with E-state index in [9.17, 15) is 0 Å². The maximum atomic E-state index is 9.10. The molecule has 0 aliphatic carbocycles. The fourth-order valence-electron chi connectivity index (χ4n) is 6.30. The number of furan rings is 2. The first kappa shape index (κ1) is 43.8. The van der Waals surface area contributed by atoms with Crippen LogP contribution in [-0.4, -0.2) is 84.7 Å². The van der Waals surface area contributed by atoms with Crippen molar-refractivity contribution in [3.63, 3.8) is 0 Å². The summed E-state index contributed by atoms with van der Waals surface area (Å²) in [5.41, 5.74) is 7.97. The number of rotatable bonds is 16. The summed E-state index contributed by atoms with van der Waals surface area (Å²) < 4.78 is 23.5. The topological polar surface area (TPSA) is 242 Å². The number of aliphatic carboxylic acids is 4. The molecule has 314 valence electrons.